The maximum absolute atomic E-state index is 12.6. The lowest BCUT2D eigenvalue weighted by atomic mass is 10.0. The number of nitro groups is 1. The van der Waals surface area contributed by atoms with Gasteiger partial charge in [0.1, 0.15) is 0 Å². The zero-order valence-electron chi connectivity index (χ0n) is 17.5. The Hall–Kier alpha value is -3.26. The van der Waals surface area contributed by atoms with E-state index in [1.807, 2.05) is 0 Å². The van der Waals surface area contributed by atoms with Crippen LogP contribution in [0, 0.1) is 10.1 Å². The first-order chi connectivity index (χ1) is 14.9. The first kappa shape index (κ1) is 21.0. The van der Waals surface area contributed by atoms with Crippen LogP contribution >= 0.6 is 11.3 Å². The Morgan fingerprint density at radius 2 is 1.90 bits per heavy atom. The van der Waals surface area contributed by atoms with E-state index in [0.29, 0.717) is 24.6 Å². The third-order valence-corrected chi connectivity index (χ3v) is 6.50. The second-order valence-electron chi connectivity index (χ2n) is 7.84. The van der Waals surface area contributed by atoms with Crippen molar-refractivity contribution in [2.45, 2.75) is 19.8 Å². The van der Waals surface area contributed by atoms with Gasteiger partial charge in [0.2, 0.25) is 5.91 Å². The fourth-order valence-electron chi connectivity index (χ4n) is 3.69. The Kier molecular flexibility index (Phi) is 5.99. The number of aromatic nitrogens is 1. The van der Waals surface area contributed by atoms with Crippen molar-refractivity contribution >= 4 is 44.4 Å². The van der Waals surface area contributed by atoms with E-state index >= 15 is 0 Å². The summed E-state index contributed by atoms with van der Waals surface area (Å²) in [6.45, 7) is 7.05. The van der Waals surface area contributed by atoms with Gasteiger partial charge in [-0.05, 0) is 29.2 Å². The Labute approximate surface area is 184 Å². The van der Waals surface area contributed by atoms with Gasteiger partial charge in [0, 0.05) is 44.4 Å². The highest BCUT2D eigenvalue weighted by Crippen LogP contribution is 2.33. The van der Waals surface area contributed by atoms with E-state index in [4.69, 9.17) is 4.98 Å². The normalized spacial score (nSPS) is 14.7. The van der Waals surface area contributed by atoms with Crippen LogP contribution in [0.3, 0.4) is 0 Å². The van der Waals surface area contributed by atoms with E-state index in [1.54, 1.807) is 34.4 Å². The van der Waals surface area contributed by atoms with E-state index in [1.165, 1.54) is 28.5 Å². The molecular formula is C23H24N4O3S. The molecule has 0 bridgehead atoms. The van der Waals surface area contributed by atoms with Gasteiger partial charge in [-0.15, -0.1) is 0 Å². The SMILES string of the molecule is CC(C)c1cccc2sc(N3CCN(C(=O)/C=C/c4cccc([N+](=O)[O-])c4)CC3)nc12. The Bertz CT molecular complexity index is 1150. The van der Waals surface area contributed by atoms with Crippen LogP contribution in [0.15, 0.2) is 48.5 Å². The van der Waals surface area contributed by atoms with Crippen molar-refractivity contribution in [3.63, 3.8) is 0 Å². The van der Waals surface area contributed by atoms with Gasteiger partial charge in [-0.1, -0.05) is 49.4 Å². The quantitative estimate of drug-likeness (QED) is 0.329. The molecule has 2 heterocycles. The van der Waals surface area contributed by atoms with Crippen molar-refractivity contribution in [2.24, 2.45) is 0 Å². The number of carbonyl (C=O) groups is 1. The zero-order valence-corrected chi connectivity index (χ0v) is 18.3. The third-order valence-electron chi connectivity index (χ3n) is 5.42. The second kappa shape index (κ2) is 8.85. The number of amides is 1. The summed E-state index contributed by atoms with van der Waals surface area (Å²) in [5.74, 6) is 0.337. The van der Waals surface area contributed by atoms with Crippen molar-refractivity contribution in [3.8, 4) is 0 Å². The predicted molar refractivity (Wildman–Crippen MR) is 125 cm³/mol. The molecule has 0 atom stereocenters. The Morgan fingerprint density at radius 1 is 1.16 bits per heavy atom. The van der Waals surface area contributed by atoms with Crippen molar-refractivity contribution < 1.29 is 9.72 Å². The molecule has 1 fully saturated rings. The number of rotatable bonds is 5. The highest BCUT2D eigenvalue weighted by atomic mass is 32.1. The fourth-order valence-corrected chi connectivity index (χ4v) is 4.74. The monoisotopic (exact) mass is 436 g/mol. The molecule has 3 aromatic rings. The molecule has 1 saturated heterocycles. The topological polar surface area (TPSA) is 79.6 Å². The minimum absolute atomic E-state index is 0.0136. The van der Waals surface area contributed by atoms with Gasteiger partial charge in [0.25, 0.3) is 5.69 Å². The molecule has 8 heteroatoms. The first-order valence-electron chi connectivity index (χ1n) is 10.3. The summed E-state index contributed by atoms with van der Waals surface area (Å²) in [6, 6.07) is 12.6. The Balaban J connectivity index is 1.40. The van der Waals surface area contributed by atoms with Crippen LogP contribution in [0.2, 0.25) is 0 Å². The summed E-state index contributed by atoms with van der Waals surface area (Å²) in [4.78, 5) is 32.0. The largest absolute Gasteiger partial charge is 0.345 e. The maximum atomic E-state index is 12.6. The number of hydrogen-bond donors (Lipinski definition) is 0. The number of hydrogen-bond acceptors (Lipinski definition) is 6. The minimum atomic E-state index is -0.440. The lowest BCUT2D eigenvalue weighted by Crippen LogP contribution is -2.48. The molecule has 7 nitrogen and oxygen atoms in total. The predicted octanol–water partition coefficient (Wildman–Crippen LogP) is 4.69. The number of non-ortho nitro benzene ring substituents is 1. The number of benzene rings is 2. The summed E-state index contributed by atoms with van der Waals surface area (Å²) in [7, 11) is 0. The molecule has 1 aliphatic heterocycles. The molecule has 160 valence electrons. The van der Waals surface area contributed by atoms with Gasteiger partial charge in [0.15, 0.2) is 5.13 Å². The number of para-hydroxylation sites is 1. The molecule has 2 aromatic carbocycles. The smallest absolute Gasteiger partial charge is 0.270 e. The van der Waals surface area contributed by atoms with Gasteiger partial charge >= 0.3 is 0 Å². The maximum Gasteiger partial charge on any atom is 0.270 e. The lowest BCUT2D eigenvalue weighted by Gasteiger charge is -2.34. The van der Waals surface area contributed by atoms with Crippen LogP contribution in [0.4, 0.5) is 10.8 Å². The summed E-state index contributed by atoms with van der Waals surface area (Å²) in [6.07, 6.45) is 3.12. The van der Waals surface area contributed by atoms with Crippen LogP contribution in [-0.2, 0) is 4.79 Å². The van der Waals surface area contributed by atoms with Crippen LogP contribution < -0.4 is 4.90 Å². The van der Waals surface area contributed by atoms with Crippen molar-refractivity contribution in [3.05, 3.63) is 69.8 Å². The summed E-state index contributed by atoms with van der Waals surface area (Å²) < 4.78 is 1.19. The molecule has 0 spiro atoms. The van der Waals surface area contributed by atoms with Crippen molar-refractivity contribution in [2.75, 3.05) is 31.1 Å². The van der Waals surface area contributed by atoms with Crippen LogP contribution in [0.25, 0.3) is 16.3 Å². The van der Waals surface area contributed by atoms with Gasteiger partial charge in [-0.25, -0.2) is 4.98 Å². The van der Waals surface area contributed by atoms with Gasteiger partial charge in [-0.3, -0.25) is 14.9 Å². The van der Waals surface area contributed by atoms with Crippen LogP contribution in [0.1, 0.15) is 30.9 Å². The number of carbonyl (C=O) groups excluding carboxylic acids is 1. The minimum Gasteiger partial charge on any atom is -0.345 e. The molecule has 4 rings (SSSR count). The molecular weight excluding hydrogens is 412 g/mol. The number of anilines is 1. The summed E-state index contributed by atoms with van der Waals surface area (Å²) in [5.41, 5.74) is 2.99. The highest BCUT2D eigenvalue weighted by Gasteiger charge is 2.22. The number of thiazole rings is 1. The Morgan fingerprint density at radius 3 is 2.61 bits per heavy atom. The average molecular weight is 437 g/mol. The number of nitro benzene ring substituents is 1. The number of fused-ring (bicyclic) bond motifs is 1. The van der Waals surface area contributed by atoms with Crippen molar-refractivity contribution in [1.29, 1.82) is 0 Å². The second-order valence-corrected chi connectivity index (χ2v) is 8.85. The van der Waals surface area contributed by atoms with E-state index < -0.39 is 4.92 Å². The molecule has 0 radical (unpaired) electrons. The standard InChI is InChI=1S/C23H24N4O3S/c1-16(2)19-7-4-8-20-22(19)24-23(31-20)26-13-11-25(12-14-26)21(28)10-9-17-5-3-6-18(15-17)27(29)30/h3-10,15-16H,11-14H2,1-2H3/b10-9+. The lowest BCUT2D eigenvalue weighted by molar-refractivity contribution is -0.384. The van der Waals surface area contributed by atoms with E-state index in [0.717, 1.165) is 23.7 Å². The average Bonchev–Trinajstić information content (AvgIpc) is 3.22. The molecule has 31 heavy (non-hydrogen) atoms. The van der Waals surface area contributed by atoms with E-state index in [2.05, 4.69) is 36.9 Å². The summed E-state index contributed by atoms with van der Waals surface area (Å²) >= 11 is 1.70. The first-order valence-corrected chi connectivity index (χ1v) is 11.1. The molecule has 0 saturated carbocycles. The van der Waals surface area contributed by atoms with Crippen molar-refractivity contribution in [1.82, 2.24) is 9.88 Å². The van der Waals surface area contributed by atoms with Gasteiger partial charge in [0.05, 0.1) is 15.1 Å². The molecule has 0 N–H and O–H groups in total. The highest BCUT2D eigenvalue weighted by molar-refractivity contribution is 7.22. The van der Waals surface area contributed by atoms with Gasteiger partial charge < -0.3 is 9.80 Å². The third kappa shape index (κ3) is 4.59. The molecule has 1 amide bonds. The van der Waals surface area contributed by atoms with Crippen LogP contribution in [0.5, 0.6) is 0 Å². The number of piperazine rings is 1. The molecule has 0 aliphatic carbocycles. The zero-order chi connectivity index (χ0) is 22.0. The molecule has 1 aromatic heterocycles. The van der Waals surface area contributed by atoms with E-state index in [-0.39, 0.29) is 11.6 Å². The summed E-state index contributed by atoms with van der Waals surface area (Å²) in [5, 5.41) is 11.9. The fraction of sp³-hybridized carbons (Fsp3) is 0.304. The van der Waals surface area contributed by atoms with Crippen LogP contribution in [-0.4, -0.2) is 46.9 Å². The van der Waals surface area contributed by atoms with E-state index in [9.17, 15) is 14.9 Å². The number of nitrogens with zero attached hydrogens (tertiary/aromatic N) is 4. The van der Waals surface area contributed by atoms with Gasteiger partial charge in [-0.2, -0.15) is 0 Å². The molecule has 0 unspecified atom stereocenters. The molecule has 1 aliphatic rings.